The summed E-state index contributed by atoms with van der Waals surface area (Å²) in [5, 5.41) is 0. The minimum absolute atomic E-state index is 0.00945. The number of carbonyl (C=O) groups excluding carboxylic acids is 1. The number of nitrogens with zero attached hydrogens (tertiary/aromatic N) is 2. The van der Waals surface area contributed by atoms with E-state index in [1.54, 1.807) is 12.1 Å². The second kappa shape index (κ2) is 5.76. The lowest BCUT2D eigenvalue weighted by molar-refractivity contribution is -0.135. The fraction of sp³-hybridized carbons (Fsp3) is 0.500. The van der Waals surface area contributed by atoms with Crippen LogP contribution < -0.4 is 5.76 Å². The molecule has 1 aliphatic heterocycles. The van der Waals surface area contributed by atoms with Crippen molar-refractivity contribution in [3.63, 3.8) is 0 Å². The molecule has 0 radical (unpaired) electrons. The fourth-order valence-corrected chi connectivity index (χ4v) is 3.14. The van der Waals surface area contributed by atoms with Crippen LogP contribution in [0.4, 0.5) is 0 Å². The second-order valence-electron chi connectivity index (χ2n) is 5.57. The molecule has 1 fully saturated rings. The average molecular weight is 288 g/mol. The molecule has 0 bridgehead atoms. The number of fused-ring (bicyclic) bond motifs is 1. The van der Waals surface area contributed by atoms with Crippen LogP contribution in [0.25, 0.3) is 11.1 Å². The molecular weight excluding hydrogens is 268 g/mol. The van der Waals surface area contributed by atoms with E-state index in [1.807, 2.05) is 17.0 Å². The summed E-state index contributed by atoms with van der Waals surface area (Å²) in [6.07, 6.45) is 4.25. The summed E-state index contributed by atoms with van der Waals surface area (Å²) in [7, 11) is 0. The van der Waals surface area contributed by atoms with Gasteiger partial charge in [0.15, 0.2) is 5.58 Å². The van der Waals surface area contributed by atoms with Crippen molar-refractivity contribution >= 4 is 17.0 Å². The molecule has 0 spiro atoms. The SMILES string of the molecule is CC[C@@H]1CCCCN1C(=O)Cn1c(=O)oc2ccccc21. The number of para-hydroxylation sites is 2. The Balaban J connectivity index is 1.86. The van der Waals surface area contributed by atoms with E-state index in [0.29, 0.717) is 17.1 Å². The largest absolute Gasteiger partial charge is 0.420 e. The summed E-state index contributed by atoms with van der Waals surface area (Å²) >= 11 is 0. The lowest BCUT2D eigenvalue weighted by Crippen LogP contribution is -2.45. The van der Waals surface area contributed by atoms with E-state index in [2.05, 4.69) is 6.92 Å². The molecule has 21 heavy (non-hydrogen) atoms. The van der Waals surface area contributed by atoms with Crippen molar-refractivity contribution in [3.8, 4) is 0 Å². The third kappa shape index (κ3) is 2.60. The summed E-state index contributed by atoms with van der Waals surface area (Å²) in [5.41, 5.74) is 1.21. The summed E-state index contributed by atoms with van der Waals surface area (Å²) < 4.78 is 6.61. The van der Waals surface area contributed by atoms with Crippen LogP contribution in [0, 0.1) is 0 Å². The highest BCUT2D eigenvalue weighted by Crippen LogP contribution is 2.20. The zero-order valence-corrected chi connectivity index (χ0v) is 12.2. The van der Waals surface area contributed by atoms with Gasteiger partial charge < -0.3 is 9.32 Å². The number of carbonyl (C=O) groups is 1. The molecule has 1 aliphatic rings. The lowest BCUT2D eigenvalue weighted by atomic mass is 10.00. The quantitative estimate of drug-likeness (QED) is 0.871. The number of benzene rings is 1. The summed E-state index contributed by atoms with van der Waals surface area (Å²) in [6, 6.07) is 7.51. The van der Waals surface area contributed by atoms with Crippen molar-refractivity contribution in [2.45, 2.75) is 45.2 Å². The molecule has 0 saturated carbocycles. The third-order valence-electron chi connectivity index (χ3n) is 4.29. The van der Waals surface area contributed by atoms with E-state index < -0.39 is 5.76 Å². The maximum atomic E-state index is 12.6. The normalized spacial score (nSPS) is 19.1. The highest BCUT2D eigenvalue weighted by molar-refractivity contribution is 5.79. The monoisotopic (exact) mass is 288 g/mol. The maximum Gasteiger partial charge on any atom is 0.420 e. The number of piperidine rings is 1. The molecular formula is C16H20N2O3. The van der Waals surface area contributed by atoms with Crippen LogP contribution in [-0.2, 0) is 11.3 Å². The Morgan fingerprint density at radius 3 is 2.95 bits per heavy atom. The summed E-state index contributed by atoms with van der Waals surface area (Å²) in [5.74, 6) is -0.454. The van der Waals surface area contributed by atoms with Gasteiger partial charge in [-0.1, -0.05) is 19.1 Å². The first-order valence-corrected chi connectivity index (χ1v) is 7.58. The zero-order valence-electron chi connectivity index (χ0n) is 12.2. The van der Waals surface area contributed by atoms with Gasteiger partial charge in [-0.3, -0.25) is 9.36 Å². The molecule has 2 aromatic rings. The Hall–Kier alpha value is -2.04. The first-order chi connectivity index (χ1) is 10.2. The fourth-order valence-electron chi connectivity index (χ4n) is 3.14. The van der Waals surface area contributed by atoms with Gasteiger partial charge in [0, 0.05) is 12.6 Å². The lowest BCUT2D eigenvalue weighted by Gasteiger charge is -2.35. The zero-order chi connectivity index (χ0) is 14.8. The van der Waals surface area contributed by atoms with E-state index in [1.165, 1.54) is 11.0 Å². The molecule has 1 saturated heterocycles. The molecule has 5 heteroatoms. The Bertz CT molecular complexity index is 701. The van der Waals surface area contributed by atoms with Gasteiger partial charge in [0.2, 0.25) is 5.91 Å². The Kier molecular flexibility index (Phi) is 3.82. The van der Waals surface area contributed by atoms with Gasteiger partial charge in [-0.15, -0.1) is 0 Å². The van der Waals surface area contributed by atoms with Crippen LogP contribution >= 0.6 is 0 Å². The Morgan fingerprint density at radius 1 is 1.33 bits per heavy atom. The number of rotatable bonds is 3. The molecule has 1 amide bonds. The number of amides is 1. The van der Waals surface area contributed by atoms with Gasteiger partial charge in [0.25, 0.3) is 0 Å². The molecule has 0 N–H and O–H groups in total. The smallest absolute Gasteiger partial charge is 0.408 e. The van der Waals surface area contributed by atoms with Gasteiger partial charge in [0.05, 0.1) is 5.52 Å². The average Bonchev–Trinajstić information content (AvgIpc) is 2.83. The number of aromatic nitrogens is 1. The first kappa shape index (κ1) is 13.9. The van der Waals surface area contributed by atoms with E-state index in [9.17, 15) is 9.59 Å². The predicted molar refractivity (Wildman–Crippen MR) is 80.1 cm³/mol. The molecule has 0 aliphatic carbocycles. The van der Waals surface area contributed by atoms with E-state index in [-0.39, 0.29) is 12.5 Å². The minimum atomic E-state index is -0.463. The Morgan fingerprint density at radius 2 is 2.14 bits per heavy atom. The summed E-state index contributed by atoms with van der Waals surface area (Å²) in [6.45, 7) is 2.96. The van der Waals surface area contributed by atoms with Crippen LogP contribution in [0.5, 0.6) is 0 Å². The highest BCUT2D eigenvalue weighted by atomic mass is 16.4. The van der Waals surface area contributed by atoms with Crippen molar-refractivity contribution in [2.24, 2.45) is 0 Å². The topological polar surface area (TPSA) is 55.5 Å². The number of hydrogen-bond donors (Lipinski definition) is 0. The molecule has 2 heterocycles. The van der Waals surface area contributed by atoms with E-state index >= 15 is 0 Å². The first-order valence-electron chi connectivity index (χ1n) is 7.58. The number of likely N-dealkylation sites (tertiary alicyclic amines) is 1. The van der Waals surface area contributed by atoms with Crippen molar-refractivity contribution in [3.05, 3.63) is 34.8 Å². The number of oxazole rings is 1. The number of hydrogen-bond acceptors (Lipinski definition) is 3. The summed E-state index contributed by atoms with van der Waals surface area (Å²) in [4.78, 5) is 26.4. The van der Waals surface area contributed by atoms with Gasteiger partial charge in [0.1, 0.15) is 6.54 Å². The molecule has 1 atom stereocenters. The van der Waals surface area contributed by atoms with Gasteiger partial charge >= 0.3 is 5.76 Å². The van der Waals surface area contributed by atoms with Crippen molar-refractivity contribution in [1.82, 2.24) is 9.47 Å². The third-order valence-corrected chi connectivity index (χ3v) is 4.29. The van der Waals surface area contributed by atoms with Crippen LogP contribution in [0.3, 0.4) is 0 Å². The molecule has 0 unspecified atom stereocenters. The van der Waals surface area contributed by atoms with E-state index in [4.69, 9.17) is 4.42 Å². The Labute approximate surface area is 123 Å². The molecule has 3 rings (SSSR count). The molecule has 5 nitrogen and oxygen atoms in total. The predicted octanol–water partition coefficient (Wildman–Crippen LogP) is 2.39. The molecule has 112 valence electrons. The van der Waals surface area contributed by atoms with Gasteiger partial charge in [-0.05, 0) is 37.8 Å². The standard InChI is InChI=1S/C16H20N2O3/c1-2-12-7-5-6-10-17(12)15(19)11-18-13-8-3-4-9-14(13)21-16(18)20/h3-4,8-9,12H,2,5-7,10-11H2,1H3/t12-/m1/s1. The van der Waals surface area contributed by atoms with Crippen LogP contribution in [0.2, 0.25) is 0 Å². The van der Waals surface area contributed by atoms with Crippen LogP contribution in [-0.4, -0.2) is 28.0 Å². The van der Waals surface area contributed by atoms with Crippen LogP contribution in [0.15, 0.2) is 33.5 Å². The molecule has 1 aromatic carbocycles. The van der Waals surface area contributed by atoms with Gasteiger partial charge in [-0.2, -0.15) is 0 Å². The minimum Gasteiger partial charge on any atom is -0.408 e. The highest BCUT2D eigenvalue weighted by Gasteiger charge is 2.26. The van der Waals surface area contributed by atoms with E-state index in [0.717, 1.165) is 25.8 Å². The van der Waals surface area contributed by atoms with Crippen LogP contribution in [0.1, 0.15) is 32.6 Å². The van der Waals surface area contributed by atoms with Crippen molar-refractivity contribution in [2.75, 3.05) is 6.54 Å². The van der Waals surface area contributed by atoms with Gasteiger partial charge in [-0.25, -0.2) is 4.79 Å². The van der Waals surface area contributed by atoms with Crippen molar-refractivity contribution in [1.29, 1.82) is 0 Å². The maximum absolute atomic E-state index is 12.6. The second-order valence-corrected chi connectivity index (χ2v) is 5.57. The molecule has 1 aromatic heterocycles. The van der Waals surface area contributed by atoms with Crippen molar-refractivity contribution < 1.29 is 9.21 Å².